The van der Waals surface area contributed by atoms with E-state index < -0.39 is 72.6 Å². The van der Waals surface area contributed by atoms with Gasteiger partial charge in [-0.05, 0) is 25.2 Å². The van der Waals surface area contributed by atoms with Crippen molar-refractivity contribution in [1.82, 2.24) is 25.9 Å². The number of carbonyl (C=O) groups excluding carboxylic acids is 4. The Morgan fingerprint density at radius 1 is 0.919 bits per heavy atom. The highest BCUT2D eigenvalue weighted by molar-refractivity contribution is 5.94. The number of hydrogen-bond donors (Lipinski definition) is 8. The molecule has 15 nitrogen and oxygen atoms in total. The van der Waals surface area contributed by atoms with Gasteiger partial charge >= 0.3 is 11.9 Å². The third-order valence-corrected chi connectivity index (χ3v) is 5.25. The number of imidazole rings is 1. The quantitative estimate of drug-likeness (QED) is 0.111. The highest BCUT2D eigenvalue weighted by Crippen LogP contribution is 2.09. The molecular formula is C22H35N7O8. The summed E-state index contributed by atoms with van der Waals surface area (Å²) < 4.78 is 0. The van der Waals surface area contributed by atoms with Crippen LogP contribution < -0.4 is 27.4 Å². The summed E-state index contributed by atoms with van der Waals surface area (Å²) in [6.45, 7) is 3.63. The van der Waals surface area contributed by atoms with Crippen LogP contribution in [0, 0.1) is 5.92 Å². The van der Waals surface area contributed by atoms with Crippen molar-refractivity contribution >= 4 is 35.6 Å². The predicted molar refractivity (Wildman–Crippen MR) is 128 cm³/mol. The van der Waals surface area contributed by atoms with Crippen LogP contribution in [0.25, 0.3) is 0 Å². The van der Waals surface area contributed by atoms with E-state index in [-0.39, 0.29) is 31.6 Å². The van der Waals surface area contributed by atoms with Crippen LogP contribution in [0.15, 0.2) is 12.5 Å². The number of nitrogens with zero attached hydrogens (tertiary/aromatic N) is 1. The Morgan fingerprint density at radius 3 is 2.00 bits per heavy atom. The number of aliphatic carboxylic acids is 2. The minimum atomic E-state index is -1.54. The Balaban J connectivity index is 2.98. The lowest BCUT2D eigenvalue weighted by atomic mass is 10.0. The summed E-state index contributed by atoms with van der Waals surface area (Å²) in [6, 6.07) is -5.01. The Kier molecular flexibility index (Phi) is 12.7. The molecule has 15 heteroatoms. The van der Waals surface area contributed by atoms with Crippen molar-refractivity contribution in [3.05, 3.63) is 18.2 Å². The molecule has 4 atom stereocenters. The zero-order chi connectivity index (χ0) is 28.1. The number of nitrogens with one attached hydrogen (secondary N) is 4. The number of aromatic amines is 1. The molecule has 0 aromatic carbocycles. The zero-order valence-corrected chi connectivity index (χ0v) is 20.7. The van der Waals surface area contributed by atoms with Crippen molar-refractivity contribution in [1.29, 1.82) is 0 Å². The van der Waals surface area contributed by atoms with E-state index in [9.17, 15) is 33.9 Å². The summed E-state index contributed by atoms with van der Waals surface area (Å²) in [5, 5.41) is 25.3. The number of rotatable bonds is 17. The number of primary amides is 1. The number of carboxylic acids is 2. The predicted octanol–water partition coefficient (Wildman–Crippen LogP) is -2.01. The number of H-pyrrole nitrogens is 1. The molecule has 1 rings (SSSR count). The van der Waals surface area contributed by atoms with Gasteiger partial charge < -0.3 is 42.6 Å². The number of nitrogens with two attached hydrogens (primary N) is 2. The fourth-order valence-electron chi connectivity index (χ4n) is 3.33. The smallest absolute Gasteiger partial charge is 0.326 e. The molecule has 0 aliphatic carbocycles. The zero-order valence-electron chi connectivity index (χ0n) is 20.7. The first-order chi connectivity index (χ1) is 17.3. The van der Waals surface area contributed by atoms with Crippen LogP contribution >= 0.6 is 0 Å². The third-order valence-electron chi connectivity index (χ3n) is 5.25. The summed E-state index contributed by atoms with van der Waals surface area (Å²) in [7, 11) is 0. The van der Waals surface area contributed by atoms with Crippen LogP contribution in [-0.2, 0) is 35.2 Å². The summed E-state index contributed by atoms with van der Waals surface area (Å²) in [5.41, 5.74) is 11.7. The molecule has 206 valence electrons. The van der Waals surface area contributed by atoms with E-state index in [0.29, 0.717) is 5.69 Å². The third kappa shape index (κ3) is 12.0. The topological polar surface area (TPSA) is 260 Å². The van der Waals surface area contributed by atoms with Gasteiger partial charge in [-0.3, -0.25) is 24.0 Å². The summed E-state index contributed by atoms with van der Waals surface area (Å²) in [4.78, 5) is 78.7. The molecule has 0 fully saturated rings. The van der Waals surface area contributed by atoms with Gasteiger partial charge in [0, 0.05) is 31.2 Å². The second-order valence-electron chi connectivity index (χ2n) is 8.98. The Bertz CT molecular complexity index is 951. The number of aromatic nitrogens is 2. The van der Waals surface area contributed by atoms with Crippen molar-refractivity contribution in [3.63, 3.8) is 0 Å². The van der Waals surface area contributed by atoms with Crippen LogP contribution in [0.2, 0.25) is 0 Å². The van der Waals surface area contributed by atoms with Crippen molar-refractivity contribution in [2.24, 2.45) is 17.4 Å². The van der Waals surface area contributed by atoms with E-state index in [4.69, 9.17) is 16.6 Å². The minimum Gasteiger partial charge on any atom is -0.481 e. The molecule has 0 radical (unpaired) electrons. The molecule has 1 aromatic heterocycles. The molecule has 1 heterocycles. The molecule has 0 spiro atoms. The summed E-state index contributed by atoms with van der Waals surface area (Å²) in [5.74, 6) is -5.85. The van der Waals surface area contributed by atoms with Gasteiger partial charge in [-0.25, -0.2) is 9.78 Å². The lowest BCUT2D eigenvalue weighted by Gasteiger charge is -2.26. The normalized spacial score (nSPS) is 14.2. The average Bonchev–Trinajstić information content (AvgIpc) is 3.30. The molecule has 1 aromatic rings. The number of hydrogen-bond acceptors (Lipinski definition) is 8. The maximum absolute atomic E-state index is 13.1. The number of carboxylic acid groups (broad SMARTS) is 2. The lowest BCUT2D eigenvalue weighted by Crippen LogP contribution is -2.57. The first-order valence-corrected chi connectivity index (χ1v) is 11.7. The molecular weight excluding hydrogens is 490 g/mol. The van der Waals surface area contributed by atoms with E-state index >= 15 is 0 Å². The van der Waals surface area contributed by atoms with E-state index in [1.165, 1.54) is 12.5 Å². The first-order valence-electron chi connectivity index (χ1n) is 11.7. The summed E-state index contributed by atoms with van der Waals surface area (Å²) in [6.07, 6.45) is 1.80. The summed E-state index contributed by atoms with van der Waals surface area (Å²) >= 11 is 0. The Morgan fingerprint density at radius 2 is 1.49 bits per heavy atom. The number of amides is 4. The highest BCUT2D eigenvalue weighted by Gasteiger charge is 2.31. The molecule has 10 N–H and O–H groups in total. The fourth-order valence-corrected chi connectivity index (χ4v) is 3.33. The SMILES string of the molecule is CC(C)CC(NC(=O)C(N)Cc1cnc[nH]1)C(=O)NC(CCC(N)=O)C(=O)NC(CCC(=O)O)C(=O)O. The van der Waals surface area contributed by atoms with Crippen LogP contribution in [0.5, 0.6) is 0 Å². The van der Waals surface area contributed by atoms with Crippen LogP contribution in [0.4, 0.5) is 0 Å². The average molecular weight is 526 g/mol. The van der Waals surface area contributed by atoms with Gasteiger partial charge in [0.2, 0.25) is 23.6 Å². The second kappa shape index (κ2) is 15.2. The van der Waals surface area contributed by atoms with Crippen molar-refractivity contribution < 1.29 is 39.0 Å². The largest absolute Gasteiger partial charge is 0.481 e. The van der Waals surface area contributed by atoms with Gasteiger partial charge in [-0.1, -0.05) is 13.8 Å². The second-order valence-corrected chi connectivity index (χ2v) is 8.98. The van der Waals surface area contributed by atoms with Crippen molar-refractivity contribution in [2.45, 2.75) is 76.5 Å². The monoisotopic (exact) mass is 525 g/mol. The molecule has 0 bridgehead atoms. The standard InChI is InChI=1S/C22H35N7O8/c1-11(2)7-16(29-19(33)13(23)8-12-9-25-10-26-12)21(35)27-14(3-5-17(24)30)20(34)28-15(22(36)37)4-6-18(31)32/h9-11,13-16H,3-8,23H2,1-2H3,(H2,24,30)(H,25,26)(H,27,35)(H,28,34)(H,29,33)(H,31,32)(H,36,37). The van der Waals surface area contributed by atoms with Gasteiger partial charge in [-0.15, -0.1) is 0 Å². The molecule has 0 aliphatic rings. The van der Waals surface area contributed by atoms with Gasteiger partial charge in [0.15, 0.2) is 0 Å². The minimum absolute atomic E-state index is 0.0508. The molecule has 0 aliphatic heterocycles. The fraction of sp³-hybridized carbons (Fsp3) is 0.591. The first kappa shape index (κ1) is 31.0. The molecule has 0 saturated heterocycles. The van der Waals surface area contributed by atoms with Crippen LogP contribution in [0.3, 0.4) is 0 Å². The van der Waals surface area contributed by atoms with E-state index in [1.807, 2.05) is 13.8 Å². The molecule has 4 unspecified atom stereocenters. The van der Waals surface area contributed by atoms with Gasteiger partial charge in [0.1, 0.15) is 18.1 Å². The maximum atomic E-state index is 13.1. The molecule has 37 heavy (non-hydrogen) atoms. The van der Waals surface area contributed by atoms with Crippen LogP contribution in [0.1, 0.15) is 51.6 Å². The van der Waals surface area contributed by atoms with E-state index in [2.05, 4.69) is 25.9 Å². The Labute approximate surface area is 213 Å². The Hall–Kier alpha value is -4.01. The van der Waals surface area contributed by atoms with E-state index in [1.54, 1.807) is 0 Å². The van der Waals surface area contributed by atoms with Crippen molar-refractivity contribution in [2.75, 3.05) is 0 Å². The van der Waals surface area contributed by atoms with Gasteiger partial charge in [0.05, 0.1) is 12.4 Å². The highest BCUT2D eigenvalue weighted by atomic mass is 16.4. The number of carbonyl (C=O) groups is 6. The molecule has 0 saturated carbocycles. The molecule has 4 amide bonds. The van der Waals surface area contributed by atoms with Crippen LogP contribution in [-0.4, -0.2) is 79.9 Å². The van der Waals surface area contributed by atoms with Crippen molar-refractivity contribution in [3.8, 4) is 0 Å². The van der Waals surface area contributed by atoms with Gasteiger partial charge in [0.25, 0.3) is 0 Å². The van der Waals surface area contributed by atoms with E-state index in [0.717, 1.165) is 0 Å². The van der Waals surface area contributed by atoms with Gasteiger partial charge in [-0.2, -0.15) is 0 Å². The maximum Gasteiger partial charge on any atom is 0.326 e. The lowest BCUT2D eigenvalue weighted by molar-refractivity contribution is -0.143.